The predicted molar refractivity (Wildman–Crippen MR) is 93.7 cm³/mol. The lowest BCUT2D eigenvalue weighted by Gasteiger charge is -2.13. The second-order valence-electron chi connectivity index (χ2n) is 5.50. The van der Waals surface area contributed by atoms with E-state index < -0.39 is 0 Å². The zero-order valence-corrected chi connectivity index (χ0v) is 14.4. The first-order chi connectivity index (χ1) is 10.9. The summed E-state index contributed by atoms with van der Waals surface area (Å²) >= 11 is 6.10. The number of nitrogens with one attached hydrogen (secondary N) is 2. The zero-order valence-electron chi connectivity index (χ0n) is 13.6. The molecule has 0 saturated heterocycles. The van der Waals surface area contributed by atoms with E-state index in [1.165, 1.54) is 0 Å². The zero-order chi connectivity index (χ0) is 17.0. The first-order valence-electron chi connectivity index (χ1n) is 7.28. The molecule has 1 heterocycles. The minimum Gasteiger partial charge on any atom is -0.495 e. The topological polar surface area (TPSA) is 63.2 Å². The van der Waals surface area contributed by atoms with Crippen LogP contribution in [-0.4, -0.2) is 18.0 Å². The molecule has 0 aliphatic heterocycles. The molecule has 0 aliphatic carbocycles. The van der Waals surface area contributed by atoms with E-state index in [2.05, 4.69) is 15.6 Å². The Morgan fingerprint density at radius 1 is 1.30 bits per heavy atom. The Labute approximate surface area is 141 Å². The van der Waals surface area contributed by atoms with E-state index in [4.69, 9.17) is 16.3 Å². The van der Waals surface area contributed by atoms with E-state index >= 15 is 0 Å². The molecule has 23 heavy (non-hydrogen) atoms. The van der Waals surface area contributed by atoms with Gasteiger partial charge in [0.2, 0.25) is 5.91 Å². The lowest BCUT2D eigenvalue weighted by Crippen LogP contribution is -2.17. The molecule has 2 aromatic rings. The van der Waals surface area contributed by atoms with Crippen molar-refractivity contribution >= 4 is 34.7 Å². The minimum absolute atomic E-state index is 0.0393. The van der Waals surface area contributed by atoms with Gasteiger partial charge in [-0.25, -0.2) is 4.98 Å². The van der Waals surface area contributed by atoms with Crippen LogP contribution in [0.2, 0.25) is 5.02 Å². The number of benzene rings is 1. The molecule has 0 radical (unpaired) electrons. The van der Waals surface area contributed by atoms with Crippen LogP contribution in [0.25, 0.3) is 0 Å². The van der Waals surface area contributed by atoms with Gasteiger partial charge in [-0.05, 0) is 30.7 Å². The molecule has 1 aromatic carbocycles. The van der Waals surface area contributed by atoms with Gasteiger partial charge in [0.25, 0.3) is 0 Å². The molecule has 0 atom stereocenters. The van der Waals surface area contributed by atoms with E-state index in [9.17, 15) is 4.79 Å². The van der Waals surface area contributed by atoms with Gasteiger partial charge < -0.3 is 15.4 Å². The Morgan fingerprint density at radius 3 is 2.61 bits per heavy atom. The Bertz CT molecular complexity index is 700. The number of halogens is 1. The van der Waals surface area contributed by atoms with Gasteiger partial charge in [0.05, 0.1) is 24.7 Å². The first kappa shape index (κ1) is 17.1. The number of anilines is 3. The van der Waals surface area contributed by atoms with Crippen LogP contribution in [0, 0.1) is 12.8 Å². The third-order valence-corrected chi connectivity index (χ3v) is 3.71. The van der Waals surface area contributed by atoms with Crippen molar-refractivity contribution < 1.29 is 9.53 Å². The highest BCUT2D eigenvalue weighted by Gasteiger charge is 2.09. The van der Waals surface area contributed by atoms with Crippen molar-refractivity contribution in [2.45, 2.75) is 20.8 Å². The third kappa shape index (κ3) is 4.36. The summed E-state index contributed by atoms with van der Waals surface area (Å²) in [7, 11) is 1.59. The summed E-state index contributed by atoms with van der Waals surface area (Å²) in [6.07, 6.45) is 1.61. The maximum Gasteiger partial charge on any atom is 0.226 e. The Hall–Kier alpha value is -2.27. The molecule has 1 aromatic heterocycles. The summed E-state index contributed by atoms with van der Waals surface area (Å²) < 4.78 is 5.32. The molecular weight excluding hydrogens is 314 g/mol. The van der Waals surface area contributed by atoms with Crippen LogP contribution >= 0.6 is 11.6 Å². The molecule has 0 aliphatic rings. The number of pyridine rings is 1. The molecule has 0 spiro atoms. The number of aromatic nitrogens is 1. The van der Waals surface area contributed by atoms with Crippen molar-refractivity contribution in [1.82, 2.24) is 4.98 Å². The molecule has 0 saturated carbocycles. The van der Waals surface area contributed by atoms with Gasteiger partial charge in [-0.2, -0.15) is 0 Å². The third-order valence-electron chi connectivity index (χ3n) is 3.30. The minimum atomic E-state index is -0.0749. The lowest BCUT2D eigenvalue weighted by molar-refractivity contribution is -0.118. The van der Waals surface area contributed by atoms with E-state index in [1.54, 1.807) is 31.5 Å². The van der Waals surface area contributed by atoms with Crippen molar-refractivity contribution in [1.29, 1.82) is 0 Å². The summed E-state index contributed by atoms with van der Waals surface area (Å²) in [5.74, 6) is 1.17. The summed E-state index contributed by atoms with van der Waals surface area (Å²) in [5, 5.41) is 6.63. The fourth-order valence-corrected chi connectivity index (χ4v) is 2.05. The van der Waals surface area contributed by atoms with Crippen molar-refractivity contribution in [3.05, 3.63) is 41.0 Å². The Morgan fingerprint density at radius 2 is 2.04 bits per heavy atom. The van der Waals surface area contributed by atoms with Gasteiger partial charge in [-0.3, -0.25) is 4.79 Å². The second-order valence-corrected chi connectivity index (χ2v) is 5.91. The molecule has 0 unspecified atom stereocenters. The normalized spacial score (nSPS) is 10.5. The molecule has 1 amide bonds. The Balaban J connectivity index is 2.15. The fourth-order valence-electron chi connectivity index (χ4n) is 1.90. The van der Waals surface area contributed by atoms with E-state index in [0.29, 0.717) is 22.3 Å². The van der Waals surface area contributed by atoms with E-state index in [1.807, 2.05) is 26.8 Å². The van der Waals surface area contributed by atoms with Gasteiger partial charge >= 0.3 is 0 Å². The maximum absolute atomic E-state index is 11.7. The number of carbonyl (C=O) groups is 1. The van der Waals surface area contributed by atoms with Gasteiger partial charge in [0, 0.05) is 17.0 Å². The highest BCUT2D eigenvalue weighted by atomic mass is 35.5. The number of nitrogens with zero attached hydrogens (tertiary/aromatic N) is 1. The second kappa shape index (κ2) is 7.33. The summed E-state index contributed by atoms with van der Waals surface area (Å²) in [6, 6.07) is 7.25. The standard InChI is InChI=1S/C17H20ClN3O2/c1-10(2)17(22)20-12-5-6-16(19-9-12)21-14-7-11(3)13(18)8-15(14)23-4/h5-10H,1-4H3,(H,19,21)(H,20,22). The molecular formula is C17H20ClN3O2. The number of aryl methyl sites for hydroxylation is 1. The number of methoxy groups -OCH3 is 1. The molecule has 0 fully saturated rings. The quantitative estimate of drug-likeness (QED) is 0.851. The average molecular weight is 334 g/mol. The van der Waals surface area contributed by atoms with E-state index in [0.717, 1.165) is 11.3 Å². The number of rotatable bonds is 5. The van der Waals surface area contributed by atoms with Crippen molar-refractivity contribution in [2.75, 3.05) is 17.7 Å². The van der Waals surface area contributed by atoms with Crippen LogP contribution in [-0.2, 0) is 4.79 Å². The van der Waals surface area contributed by atoms with Crippen LogP contribution in [0.15, 0.2) is 30.5 Å². The molecule has 5 nitrogen and oxygen atoms in total. The van der Waals surface area contributed by atoms with Crippen molar-refractivity contribution in [3.63, 3.8) is 0 Å². The highest BCUT2D eigenvalue weighted by molar-refractivity contribution is 6.31. The van der Waals surface area contributed by atoms with Crippen LogP contribution in [0.3, 0.4) is 0 Å². The molecule has 0 bridgehead atoms. The number of hydrogen-bond acceptors (Lipinski definition) is 4. The molecule has 2 rings (SSSR count). The lowest BCUT2D eigenvalue weighted by atomic mass is 10.2. The van der Waals surface area contributed by atoms with Crippen LogP contribution in [0.5, 0.6) is 5.75 Å². The number of amides is 1. The average Bonchev–Trinajstić information content (AvgIpc) is 2.52. The maximum atomic E-state index is 11.7. The predicted octanol–water partition coefficient (Wildman–Crippen LogP) is 4.39. The van der Waals surface area contributed by atoms with Crippen LogP contribution < -0.4 is 15.4 Å². The fraction of sp³-hybridized carbons (Fsp3) is 0.294. The molecule has 6 heteroatoms. The number of carbonyl (C=O) groups excluding carboxylic acids is 1. The highest BCUT2D eigenvalue weighted by Crippen LogP contribution is 2.32. The largest absolute Gasteiger partial charge is 0.495 e. The summed E-state index contributed by atoms with van der Waals surface area (Å²) in [6.45, 7) is 5.60. The number of ether oxygens (including phenoxy) is 1. The first-order valence-corrected chi connectivity index (χ1v) is 7.66. The number of hydrogen-bond donors (Lipinski definition) is 2. The summed E-state index contributed by atoms with van der Waals surface area (Å²) in [4.78, 5) is 16.0. The van der Waals surface area contributed by atoms with Gasteiger partial charge in [0.1, 0.15) is 11.6 Å². The summed E-state index contributed by atoms with van der Waals surface area (Å²) in [5.41, 5.74) is 2.38. The Kier molecular flexibility index (Phi) is 5.45. The van der Waals surface area contributed by atoms with Crippen LogP contribution in [0.1, 0.15) is 19.4 Å². The van der Waals surface area contributed by atoms with Gasteiger partial charge in [-0.1, -0.05) is 25.4 Å². The smallest absolute Gasteiger partial charge is 0.226 e. The SMILES string of the molecule is COc1cc(Cl)c(C)cc1Nc1ccc(NC(=O)C(C)C)cn1. The molecule has 122 valence electrons. The van der Waals surface area contributed by atoms with E-state index in [-0.39, 0.29) is 11.8 Å². The van der Waals surface area contributed by atoms with Gasteiger partial charge in [0.15, 0.2) is 0 Å². The van der Waals surface area contributed by atoms with Crippen molar-refractivity contribution in [3.8, 4) is 5.75 Å². The van der Waals surface area contributed by atoms with Gasteiger partial charge in [-0.15, -0.1) is 0 Å². The van der Waals surface area contributed by atoms with Crippen molar-refractivity contribution in [2.24, 2.45) is 5.92 Å². The van der Waals surface area contributed by atoms with Crippen LogP contribution in [0.4, 0.5) is 17.2 Å². The monoisotopic (exact) mass is 333 g/mol. The molecule has 2 N–H and O–H groups in total.